The summed E-state index contributed by atoms with van der Waals surface area (Å²) in [5.74, 6) is 2.27. The summed E-state index contributed by atoms with van der Waals surface area (Å²) in [4.78, 5) is 0. The number of aliphatic hydroxyl groups excluding tert-OH is 1. The number of aliphatic hydroxyl groups is 1. The highest BCUT2D eigenvalue weighted by molar-refractivity contribution is 5.70. The zero-order chi connectivity index (χ0) is 17.2. The molecule has 0 amide bonds. The molecule has 0 aromatic carbocycles. The van der Waals surface area contributed by atoms with Gasteiger partial charge < -0.3 is 9.63 Å². The Morgan fingerprint density at radius 3 is 2.72 bits per heavy atom. The Labute approximate surface area is 150 Å². The molecule has 0 unspecified atom stereocenters. The summed E-state index contributed by atoms with van der Waals surface area (Å²) < 4.78 is 5.13. The molecule has 134 valence electrons. The van der Waals surface area contributed by atoms with E-state index in [-0.39, 0.29) is 11.5 Å². The van der Waals surface area contributed by atoms with Gasteiger partial charge in [-0.1, -0.05) is 36.7 Å². The van der Waals surface area contributed by atoms with Crippen LogP contribution in [-0.2, 0) is 0 Å². The molecule has 6 atom stereocenters. The van der Waals surface area contributed by atoms with Crippen LogP contribution in [0.2, 0.25) is 0 Å². The lowest BCUT2D eigenvalue weighted by atomic mass is 9.47. The first-order chi connectivity index (χ1) is 12.0. The Morgan fingerprint density at radius 1 is 1.08 bits per heavy atom. The molecular formula is C22H29NO2. The molecule has 5 rings (SSSR count). The molecule has 0 bridgehead atoms. The van der Waals surface area contributed by atoms with Crippen molar-refractivity contribution in [1.82, 2.24) is 5.16 Å². The second-order valence-corrected chi connectivity index (χ2v) is 9.35. The summed E-state index contributed by atoms with van der Waals surface area (Å²) in [7, 11) is 0. The van der Waals surface area contributed by atoms with Gasteiger partial charge in [0.1, 0.15) is 12.0 Å². The number of allylic oxidation sites excluding steroid dienone is 3. The molecular weight excluding hydrogens is 310 g/mol. The van der Waals surface area contributed by atoms with Crippen molar-refractivity contribution < 1.29 is 9.63 Å². The Morgan fingerprint density at radius 2 is 1.92 bits per heavy atom. The summed E-state index contributed by atoms with van der Waals surface area (Å²) >= 11 is 0. The molecule has 4 aliphatic rings. The van der Waals surface area contributed by atoms with Crippen LogP contribution in [-0.4, -0.2) is 16.4 Å². The average Bonchev–Trinajstić information content (AvgIpc) is 3.22. The normalized spacial score (nSPS) is 45.9. The maximum absolute atomic E-state index is 10.1. The maximum Gasteiger partial charge on any atom is 0.124 e. The van der Waals surface area contributed by atoms with Crippen molar-refractivity contribution in [2.75, 3.05) is 0 Å². The smallest absolute Gasteiger partial charge is 0.124 e. The van der Waals surface area contributed by atoms with Gasteiger partial charge in [0.05, 0.1) is 6.10 Å². The van der Waals surface area contributed by atoms with Crippen molar-refractivity contribution in [3.05, 3.63) is 35.7 Å². The Kier molecular flexibility index (Phi) is 3.38. The number of aromatic nitrogens is 1. The van der Waals surface area contributed by atoms with Crippen LogP contribution >= 0.6 is 0 Å². The van der Waals surface area contributed by atoms with Crippen molar-refractivity contribution >= 4 is 5.57 Å². The van der Waals surface area contributed by atoms with Crippen LogP contribution in [0.4, 0.5) is 0 Å². The van der Waals surface area contributed by atoms with E-state index < -0.39 is 0 Å². The highest BCUT2D eigenvalue weighted by atomic mass is 16.5. The SMILES string of the molecule is C[C@]12CC[C@H](O)CC1=CC[C@@H]1[C@@H]2CC[C@]2(C)C(c3ccon3)=CC[C@@H]12. The van der Waals surface area contributed by atoms with Crippen LogP contribution in [0.1, 0.15) is 64.5 Å². The van der Waals surface area contributed by atoms with Crippen LogP contribution in [0.15, 0.2) is 34.6 Å². The lowest BCUT2D eigenvalue weighted by molar-refractivity contribution is -0.0239. The fraction of sp³-hybridized carbons (Fsp3) is 0.682. The van der Waals surface area contributed by atoms with Gasteiger partial charge in [-0.25, -0.2) is 0 Å². The van der Waals surface area contributed by atoms with Gasteiger partial charge in [0.25, 0.3) is 0 Å². The Hall–Kier alpha value is -1.35. The lowest BCUT2D eigenvalue weighted by Gasteiger charge is -2.57. The van der Waals surface area contributed by atoms with E-state index in [4.69, 9.17) is 4.52 Å². The maximum atomic E-state index is 10.1. The quantitative estimate of drug-likeness (QED) is 0.733. The number of fused-ring (bicyclic) bond motifs is 5. The molecule has 0 aliphatic heterocycles. The largest absolute Gasteiger partial charge is 0.393 e. The zero-order valence-corrected chi connectivity index (χ0v) is 15.4. The molecule has 2 saturated carbocycles. The van der Waals surface area contributed by atoms with Gasteiger partial charge in [-0.15, -0.1) is 0 Å². The summed E-state index contributed by atoms with van der Waals surface area (Å²) in [5, 5.41) is 14.4. The zero-order valence-electron chi connectivity index (χ0n) is 15.4. The van der Waals surface area contributed by atoms with Gasteiger partial charge in [-0.2, -0.15) is 0 Å². The predicted octanol–water partition coefficient (Wildman–Crippen LogP) is 4.99. The average molecular weight is 339 g/mol. The third-order valence-corrected chi connectivity index (χ3v) is 8.37. The van der Waals surface area contributed by atoms with E-state index in [0.717, 1.165) is 42.7 Å². The van der Waals surface area contributed by atoms with Crippen molar-refractivity contribution in [1.29, 1.82) is 0 Å². The van der Waals surface area contributed by atoms with Gasteiger partial charge in [0.15, 0.2) is 0 Å². The Balaban J connectivity index is 1.48. The van der Waals surface area contributed by atoms with E-state index in [1.807, 2.05) is 6.07 Å². The van der Waals surface area contributed by atoms with Gasteiger partial charge in [0.2, 0.25) is 0 Å². The van der Waals surface area contributed by atoms with E-state index in [2.05, 4.69) is 31.2 Å². The molecule has 2 fully saturated rings. The second kappa shape index (κ2) is 5.33. The molecule has 0 radical (unpaired) electrons. The minimum atomic E-state index is -0.114. The first-order valence-electron chi connectivity index (χ1n) is 10.0. The minimum Gasteiger partial charge on any atom is -0.393 e. The van der Waals surface area contributed by atoms with Crippen molar-refractivity contribution in [3.63, 3.8) is 0 Å². The van der Waals surface area contributed by atoms with Crippen LogP contribution < -0.4 is 0 Å². The summed E-state index contributed by atoms with van der Waals surface area (Å²) in [6.45, 7) is 4.96. The van der Waals surface area contributed by atoms with Crippen LogP contribution in [0.3, 0.4) is 0 Å². The number of nitrogens with zero attached hydrogens (tertiary/aromatic N) is 1. The van der Waals surface area contributed by atoms with Crippen molar-refractivity contribution in [2.24, 2.45) is 28.6 Å². The first-order valence-corrected chi connectivity index (χ1v) is 10.0. The minimum absolute atomic E-state index is 0.114. The molecule has 1 aromatic rings. The van der Waals surface area contributed by atoms with Crippen LogP contribution in [0, 0.1) is 28.6 Å². The topological polar surface area (TPSA) is 46.3 Å². The summed E-state index contributed by atoms with van der Waals surface area (Å²) in [6.07, 6.45) is 14.5. The van der Waals surface area contributed by atoms with Gasteiger partial charge in [-0.3, -0.25) is 0 Å². The molecule has 1 heterocycles. The van der Waals surface area contributed by atoms with Crippen molar-refractivity contribution in [3.8, 4) is 0 Å². The number of rotatable bonds is 1. The third kappa shape index (κ3) is 2.11. The van der Waals surface area contributed by atoms with Crippen LogP contribution in [0.25, 0.3) is 5.57 Å². The standard InChI is InChI=1S/C22H29NO2/c1-21-10-7-15(24)13-14(21)3-4-16-17-5-6-19(20-9-12-25-23-20)22(17,2)11-8-18(16)21/h3,6,9,12,15-18,24H,4-5,7-8,10-11,13H2,1-2H3/t15-,16-,17-,18-,21-,22-/m0/s1. The molecule has 3 nitrogen and oxygen atoms in total. The number of hydrogen-bond donors (Lipinski definition) is 1. The number of hydrogen-bond acceptors (Lipinski definition) is 3. The highest BCUT2D eigenvalue weighted by Gasteiger charge is 2.57. The van der Waals surface area contributed by atoms with E-state index in [0.29, 0.717) is 5.41 Å². The van der Waals surface area contributed by atoms with Gasteiger partial charge >= 0.3 is 0 Å². The predicted molar refractivity (Wildman–Crippen MR) is 97.6 cm³/mol. The highest BCUT2D eigenvalue weighted by Crippen LogP contribution is 2.66. The molecule has 4 aliphatic carbocycles. The van der Waals surface area contributed by atoms with E-state index in [1.165, 1.54) is 31.3 Å². The summed E-state index contributed by atoms with van der Waals surface area (Å²) in [5.41, 5.74) is 4.58. The monoisotopic (exact) mass is 339 g/mol. The fourth-order valence-corrected chi connectivity index (χ4v) is 6.96. The second-order valence-electron chi connectivity index (χ2n) is 9.35. The van der Waals surface area contributed by atoms with Gasteiger partial charge in [0, 0.05) is 6.07 Å². The molecule has 0 saturated heterocycles. The van der Waals surface area contributed by atoms with E-state index in [9.17, 15) is 5.11 Å². The lowest BCUT2D eigenvalue weighted by Crippen LogP contribution is -2.49. The fourth-order valence-electron chi connectivity index (χ4n) is 6.96. The first kappa shape index (κ1) is 15.9. The van der Waals surface area contributed by atoms with Crippen molar-refractivity contribution in [2.45, 2.75) is 64.9 Å². The molecule has 1 N–H and O–H groups in total. The third-order valence-electron chi connectivity index (χ3n) is 8.37. The molecule has 0 spiro atoms. The Bertz CT molecular complexity index is 733. The van der Waals surface area contributed by atoms with Crippen LogP contribution in [0.5, 0.6) is 0 Å². The molecule has 25 heavy (non-hydrogen) atoms. The summed E-state index contributed by atoms with van der Waals surface area (Å²) in [6, 6.07) is 2.02. The molecule has 3 heteroatoms. The van der Waals surface area contributed by atoms with Gasteiger partial charge in [-0.05, 0) is 79.1 Å². The van der Waals surface area contributed by atoms with E-state index >= 15 is 0 Å². The van der Waals surface area contributed by atoms with E-state index in [1.54, 1.807) is 11.8 Å². The molecule has 1 aromatic heterocycles.